The summed E-state index contributed by atoms with van der Waals surface area (Å²) in [5, 5.41) is 2.38. The fourth-order valence-electron chi connectivity index (χ4n) is 4.47. The first-order chi connectivity index (χ1) is 13.2. The largest absolute Gasteiger partial charge is 0.486 e. The SMILES string of the molecule is O=C1C=CC(=O)C(C2Cc3cccc4cccc2c34)=C1OC1CCOCC1. The molecule has 2 aliphatic carbocycles. The molecule has 0 aromatic heterocycles. The van der Waals surface area contributed by atoms with Crippen LogP contribution in [0.4, 0.5) is 0 Å². The first-order valence-electron chi connectivity index (χ1n) is 9.48. The summed E-state index contributed by atoms with van der Waals surface area (Å²) in [6.07, 6.45) is 4.84. The molecule has 4 heteroatoms. The summed E-state index contributed by atoms with van der Waals surface area (Å²) in [4.78, 5) is 25.5. The van der Waals surface area contributed by atoms with E-state index in [4.69, 9.17) is 9.47 Å². The number of benzene rings is 2. The first-order valence-corrected chi connectivity index (χ1v) is 9.48. The summed E-state index contributed by atoms with van der Waals surface area (Å²) in [5.74, 6) is -0.225. The first kappa shape index (κ1) is 16.5. The Morgan fingerprint density at radius 3 is 2.48 bits per heavy atom. The molecular weight excluding hydrogens is 340 g/mol. The Morgan fingerprint density at radius 2 is 1.67 bits per heavy atom. The van der Waals surface area contributed by atoms with Gasteiger partial charge in [-0.25, -0.2) is 0 Å². The zero-order valence-corrected chi connectivity index (χ0v) is 14.9. The predicted molar refractivity (Wildman–Crippen MR) is 101 cm³/mol. The Kier molecular flexibility index (Phi) is 3.94. The van der Waals surface area contributed by atoms with Gasteiger partial charge in [0, 0.05) is 18.8 Å². The predicted octanol–water partition coefficient (Wildman–Crippen LogP) is 3.64. The van der Waals surface area contributed by atoms with Crippen molar-refractivity contribution in [2.75, 3.05) is 13.2 Å². The number of rotatable bonds is 3. The average molecular weight is 360 g/mol. The lowest BCUT2D eigenvalue weighted by molar-refractivity contribution is -0.120. The molecule has 0 amide bonds. The van der Waals surface area contributed by atoms with Gasteiger partial charge in [-0.3, -0.25) is 9.59 Å². The standard InChI is InChI=1S/C23H20O4/c24-19-7-8-20(25)23(27-16-9-11-26-12-10-16)22(19)18-13-15-5-1-3-14-4-2-6-17(18)21(14)15/h1-8,16,18H,9-13H2. The van der Waals surface area contributed by atoms with Crippen molar-refractivity contribution in [2.45, 2.75) is 31.3 Å². The van der Waals surface area contributed by atoms with Crippen LogP contribution >= 0.6 is 0 Å². The van der Waals surface area contributed by atoms with E-state index in [0.717, 1.165) is 24.8 Å². The van der Waals surface area contributed by atoms with Crippen molar-refractivity contribution in [2.24, 2.45) is 0 Å². The number of carbonyl (C=O) groups is 2. The maximum absolute atomic E-state index is 12.8. The van der Waals surface area contributed by atoms with Crippen LogP contribution in [0.25, 0.3) is 10.8 Å². The zero-order chi connectivity index (χ0) is 18.4. The normalized spacial score (nSPS) is 22.7. The van der Waals surface area contributed by atoms with E-state index in [9.17, 15) is 9.59 Å². The molecule has 1 heterocycles. The molecule has 0 spiro atoms. The van der Waals surface area contributed by atoms with Crippen LogP contribution in [0.1, 0.15) is 29.9 Å². The van der Waals surface area contributed by atoms with Gasteiger partial charge in [0.25, 0.3) is 0 Å². The monoisotopic (exact) mass is 360 g/mol. The van der Waals surface area contributed by atoms with Gasteiger partial charge in [0.05, 0.1) is 18.8 Å². The van der Waals surface area contributed by atoms with Crippen molar-refractivity contribution in [1.29, 1.82) is 0 Å². The zero-order valence-electron chi connectivity index (χ0n) is 14.9. The maximum Gasteiger partial charge on any atom is 0.220 e. The molecule has 136 valence electrons. The van der Waals surface area contributed by atoms with Crippen LogP contribution in [0, 0.1) is 0 Å². The van der Waals surface area contributed by atoms with Crippen LogP contribution in [0.2, 0.25) is 0 Å². The molecule has 2 aromatic carbocycles. The van der Waals surface area contributed by atoms with Gasteiger partial charge >= 0.3 is 0 Å². The third kappa shape index (κ3) is 2.72. The number of hydrogen-bond donors (Lipinski definition) is 0. The Morgan fingerprint density at radius 1 is 0.926 bits per heavy atom. The molecule has 1 aliphatic heterocycles. The number of ether oxygens (including phenoxy) is 2. The third-order valence-electron chi connectivity index (χ3n) is 5.74. The lowest BCUT2D eigenvalue weighted by Gasteiger charge is -2.27. The molecule has 5 rings (SSSR count). The Hall–Kier alpha value is -2.72. The second kappa shape index (κ2) is 6.46. The van der Waals surface area contributed by atoms with Crippen LogP contribution < -0.4 is 0 Å². The van der Waals surface area contributed by atoms with Crippen molar-refractivity contribution in [3.63, 3.8) is 0 Å². The highest BCUT2D eigenvalue weighted by Crippen LogP contribution is 2.44. The molecule has 4 nitrogen and oxygen atoms in total. The minimum absolute atomic E-state index is 0.0772. The fraction of sp³-hybridized carbons (Fsp3) is 0.304. The van der Waals surface area contributed by atoms with Crippen LogP contribution in [0.15, 0.2) is 59.9 Å². The highest BCUT2D eigenvalue weighted by molar-refractivity contribution is 6.20. The highest BCUT2D eigenvalue weighted by atomic mass is 16.5. The van der Waals surface area contributed by atoms with Gasteiger partial charge < -0.3 is 9.47 Å². The van der Waals surface area contributed by atoms with Gasteiger partial charge in [0.2, 0.25) is 5.78 Å². The van der Waals surface area contributed by atoms with Crippen LogP contribution in [-0.4, -0.2) is 30.9 Å². The smallest absolute Gasteiger partial charge is 0.220 e. The van der Waals surface area contributed by atoms with E-state index in [-0.39, 0.29) is 29.3 Å². The second-order valence-electron chi connectivity index (χ2n) is 7.35. The molecule has 0 saturated carbocycles. The van der Waals surface area contributed by atoms with Crippen LogP contribution in [-0.2, 0) is 25.5 Å². The summed E-state index contributed by atoms with van der Waals surface area (Å²) in [6.45, 7) is 1.25. The van der Waals surface area contributed by atoms with Crippen LogP contribution in [0.3, 0.4) is 0 Å². The molecular formula is C23H20O4. The van der Waals surface area contributed by atoms with Crippen molar-refractivity contribution < 1.29 is 19.1 Å². The quantitative estimate of drug-likeness (QED) is 0.784. The van der Waals surface area contributed by atoms with Crippen molar-refractivity contribution in [3.05, 3.63) is 71.0 Å². The summed E-state index contributed by atoms with van der Waals surface area (Å²) in [6, 6.07) is 12.4. The molecule has 1 saturated heterocycles. The van der Waals surface area contributed by atoms with Gasteiger partial charge in [-0.05, 0) is 40.5 Å². The van der Waals surface area contributed by atoms with Crippen molar-refractivity contribution in [1.82, 2.24) is 0 Å². The van der Waals surface area contributed by atoms with E-state index in [1.165, 1.54) is 28.5 Å². The van der Waals surface area contributed by atoms with E-state index < -0.39 is 0 Å². The average Bonchev–Trinajstić information content (AvgIpc) is 3.06. The van der Waals surface area contributed by atoms with Gasteiger partial charge in [0.15, 0.2) is 11.5 Å². The Labute approximate surface area is 157 Å². The summed E-state index contributed by atoms with van der Waals surface area (Å²) in [5.41, 5.74) is 2.85. The van der Waals surface area contributed by atoms with Crippen molar-refractivity contribution >= 4 is 22.3 Å². The molecule has 3 aliphatic rings. The molecule has 1 fully saturated rings. The van der Waals surface area contributed by atoms with Crippen LogP contribution in [0.5, 0.6) is 0 Å². The van der Waals surface area contributed by atoms with E-state index >= 15 is 0 Å². The molecule has 0 N–H and O–H groups in total. The highest BCUT2D eigenvalue weighted by Gasteiger charge is 2.36. The van der Waals surface area contributed by atoms with Gasteiger partial charge in [0.1, 0.15) is 6.10 Å². The second-order valence-corrected chi connectivity index (χ2v) is 7.35. The molecule has 1 unspecified atom stereocenters. The third-order valence-corrected chi connectivity index (χ3v) is 5.74. The molecule has 0 radical (unpaired) electrons. The Bertz CT molecular complexity index is 1000. The van der Waals surface area contributed by atoms with E-state index in [1.807, 2.05) is 12.1 Å². The van der Waals surface area contributed by atoms with Gasteiger partial charge in [-0.1, -0.05) is 36.4 Å². The Balaban J connectivity index is 1.60. The molecule has 27 heavy (non-hydrogen) atoms. The number of hydrogen-bond acceptors (Lipinski definition) is 4. The molecule has 2 aromatic rings. The lowest BCUT2D eigenvalue weighted by Crippen LogP contribution is -2.28. The number of allylic oxidation sites excluding steroid dienone is 3. The van der Waals surface area contributed by atoms with E-state index in [2.05, 4.69) is 24.3 Å². The summed E-state index contributed by atoms with van der Waals surface area (Å²) >= 11 is 0. The lowest BCUT2D eigenvalue weighted by atomic mass is 9.85. The van der Waals surface area contributed by atoms with E-state index in [0.29, 0.717) is 18.8 Å². The fourth-order valence-corrected chi connectivity index (χ4v) is 4.47. The minimum atomic E-state index is -0.209. The molecule has 1 atom stereocenters. The van der Waals surface area contributed by atoms with Crippen molar-refractivity contribution in [3.8, 4) is 0 Å². The summed E-state index contributed by atoms with van der Waals surface area (Å²) in [7, 11) is 0. The minimum Gasteiger partial charge on any atom is -0.486 e. The molecule has 0 bridgehead atoms. The summed E-state index contributed by atoms with van der Waals surface area (Å²) < 4.78 is 11.5. The number of ketones is 2. The van der Waals surface area contributed by atoms with Gasteiger partial charge in [-0.15, -0.1) is 0 Å². The van der Waals surface area contributed by atoms with Gasteiger partial charge in [-0.2, -0.15) is 0 Å². The number of carbonyl (C=O) groups excluding carboxylic acids is 2. The van der Waals surface area contributed by atoms with E-state index in [1.54, 1.807) is 0 Å². The maximum atomic E-state index is 12.8. The topological polar surface area (TPSA) is 52.6 Å².